The van der Waals surface area contributed by atoms with Gasteiger partial charge in [-0.05, 0) is 105 Å². The molecule has 70 heavy (non-hydrogen) atoms. The number of benzene rings is 1. The second-order valence-electron chi connectivity index (χ2n) is 21.3. The van der Waals surface area contributed by atoms with Crippen LogP contribution in [-0.4, -0.2) is 146 Å². The van der Waals surface area contributed by atoms with Gasteiger partial charge in [-0.15, -0.1) is 0 Å². The molecule has 0 saturated carbocycles. The Morgan fingerprint density at radius 3 is 2.30 bits per heavy atom. The van der Waals surface area contributed by atoms with Gasteiger partial charge in [-0.25, -0.2) is 4.98 Å². The molecule has 9 heterocycles. The maximum Gasteiger partial charge on any atom is 0.274 e. The van der Waals surface area contributed by atoms with E-state index in [0.717, 1.165) is 105 Å². The second kappa shape index (κ2) is 17.7. The number of aromatic nitrogens is 3. The van der Waals surface area contributed by atoms with E-state index in [4.69, 9.17) is 4.98 Å². The first-order valence-electron chi connectivity index (χ1n) is 25.1. The topological polar surface area (TPSA) is 189 Å². The highest BCUT2D eigenvalue weighted by molar-refractivity contribution is 6.23. The van der Waals surface area contributed by atoms with Gasteiger partial charge in [0.15, 0.2) is 0 Å². The summed E-state index contributed by atoms with van der Waals surface area (Å²) in [7, 11) is 1.73. The van der Waals surface area contributed by atoms with Gasteiger partial charge in [0.25, 0.3) is 23.3 Å². The number of nitrogens with zero attached hydrogens (tertiary/aromatic N) is 9. The summed E-state index contributed by atoms with van der Waals surface area (Å²) in [6, 6.07) is 12.4. The van der Waals surface area contributed by atoms with Crippen LogP contribution in [0.5, 0.6) is 0 Å². The minimum atomic E-state index is -0.988. The van der Waals surface area contributed by atoms with Crippen molar-refractivity contribution in [1.29, 1.82) is 0 Å². The Hall–Kier alpha value is -6.53. The summed E-state index contributed by atoms with van der Waals surface area (Å²) >= 11 is 0. The summed E-state index contributed by atoms with van der Waals surface area (Å²) in [5.41, 5.74) is 7.01. The molecule has 6 aliphatic heterocycles. The predicted octanol–water partition coefficient (Wildman–Crippen LogP) is 3.52. The predicted molar refractivity (Wildman–Crippen MR) is 264 cm³/mol. The Bertz CT molecular complexity index is 2850. The van der Waals surface area contributed by atoms with Gasteiger partial charge in [-0.1, -0.05) is 13.8 Å². The van der Waals surface area contributed by atoms with Gasteiger partial charge in [0, 0.05) is 95.5 Å². The molecule has 1 aliphatic carbocycles. The molecule has 368 valence electrons. The highest BCUT2D eigenvalue weighted by Crippen LogP contribution is 2.40. The zero-order valence-electron chi connectivity index (χ0n) is 40.5. The number of rotatable bonds is 9. The number of pyridine rings is 2. The number of nitrogens with one attached hydrogen (secondary N) is 2. The van der Waals surface area contributed by atoms with Crippen LogP contribution >= 0.6 is 0 Å². The minimum Gasteiger partial charge on any atom is -0.394 e. The lowest BCUT2D eigenvalue weighted by Crippen LogP contribution is -2.60. The Morgan fingerprint density at radius 1 is 0.786 bits per heavy atom. The lowest BCUT2D eigenvalue weighted by molar-refractivity contribution is -0.136. The summed E-state index contributed by atoms with van der Waals surface area (Å²) in [4.78, 5) is 95.7. The van der Waals surface area contributed by atoms with E-state index in [9.17, 15) is 33.9 Å². The zero-order chi connectivity index (χ0) is 48.7. The second-order valence-corrected chi connectivity index (χ2v) is 21.3. The minimum absolute atomic E-state index is 0.0356. The van der Waals surface area contributed by atoms with Crippen LogP contribution in [0.25, 0.3) is 0 Å². The summed E-state index contributed by atoms with van der Waals surface area (Å²) in [5, 5.41) is 16.5. The van der Waals surface area contributed by atoms with Gasteiger partial charge >= 0.3 is 0 Å². The number of imide groups is 2. The molecular weight excluding hydrogens is 891 g/mol. The van der Waals surface area contributed by atoms with Gasteiger partial charge < -0.3 is 39.2 Å². The first kappa shape index (κ1) is 45.9. The lowest BCUT2D eigenvalue weighted by atomic mass is 9.90. The van der Waals surface area contributed by atoms with E-state index in [1.807, 2.05) is 41.6 Å². The van der Waals surface area contributed by atoms with Crippen LogP contribution in [-0.2, 0) is 36.0 Å². The number of fused-ring (bicyclic) bond motifs is 4. The molecule has 4 atom stereocenters. The zero-order valence-corrected chi connectivity index (χ0v) is 40.5. The maximum absolute atomic E-state index is 14.1. The molecule has 7 aliphatic rings. The Morgan fingerprint density at radius 2 is 1.56 bits per heavy atom. The molecule has 0 spiro atoms. The van der Waals surface area contributed by atoms with Crippen molar-refractivity contribution < 1.29 is 29.1 Å². The van der Waals surface area contributed by atoms with E-state index in [0.29, 0.717) is 36.2 Å². The Kier molecular flexibility index (Phi) is 11.6. The van der Waals surface area contributed by atoms with Gasteiger partial charge in [-0.2, -0.15) is 0 Å². The number of amides is 5. The fourth-order valence-corrected chi connectivity index (χ4v) is 12.7. The molecule has 1 unspecified atom stereocenters. The number of aliphatic hydroxyl groups excluding tert-OH is 1. The average Bonchev–Trinajstić information content (AvgIpc) is 3.94. The quantitative estimate of drug-likeness (QED) is 0.207. The van der Waals surface area contributed by atoms with Crippen molar-refractivity contribution in [2.24, 2.45) is 12.5 Å². The van der Waals surface area contributed by atoms with E-state index in [2.05, 4.69) is 61.6 Å². The number of piperazine rings is 1. The van der Waals surface area contributed by atoms with Crippen LogP contribution in [0.4, 0.5) is 28.6 Å². The summed E-state index contributed by atoms with van der Waals surface area (Å²) in [6.07, 6.45) is 9.39. The van der Waals surface area contributed by atoms with Crippen LogP contribution in [0.15, 0.2) is 59.7 Å². The average molecular weight is 954 g/mol. The third-order valence-electron chi connectivity index (χ3n) is 16.3. The van der Waals surface area contributed by atoms with Crippen molar-refractivity contribution in [3.63, 3.8) is 0 Å². The first-order valence-corrected chi connectivity index (χ1v) is 25.1. The molecule has 0 bridgehead atoms. The monoisotopic (exact) mass is 953 g/mol. The molecule has 18 nitrogen and oxygen atoms in total. The number of piperidine rings is 3. The fraction of sp³-hybridized carbons (Fsp3) is 0.519. The SMILES string of the molecule is C[C@H]1CN(C2CCN(c3ccc4c(c3)C(=O)N(C3CCC(=O)NC3=O)C4=O)CC2)CCN1c1ccc(Nc2cc(N3CCC[C@@H](N4CCn5c(cc6c5CC(C)(C)C6)C4=O)[C@@H]3CO)cn(C)c2=O)nc1. The van der Waals surface area contributed by atoms with E-state index in [-0.39, 0.29) is 60.0 Å². The maximum atomic E-state index is 14.1. The van der Waals surface area contributed by atoms with Crippen molar-refractivity contribution in [2.75, 3.05) is 72.4 Å². The molecular formula is C52H63N11O7. The van der Waals surface area contributed by atoms with Crippen LogP contribution < -0.4 is 30.9 Å². The normalized spacial score (nSPS) is 25.1. The van der Waals surface area contributed by atoms with Crippen LogP contribution in [0.3, 0.4) is 0 Å². The van der Waals surface area contributed by atoms with Crippen molar-refractivity contribution in [3.05, 3.63) is 93.3 Å². The van der Waals surface area contributed by atoms with Crippen LogP contribution in [0, 0.1) is 5.41 Å². The summed E-state index contributed by atoms with van der Waals surface area (Å²) in [6.45, 7) is 13.0. The standard InChI is InChI=1S/C52H63N11O7/c1-31-28-58(33-13-16-57(17-14-33)34-7-9-37-38(23-34)49(68)63(48(37)67)41-10-12-46(65)55-47(41)66)18-19-59(31)35-8-11-45(53-27-35)54-39-24-36(29-56(4)50(39)69)60-15-5-6-40(44(60)30-64)62-21-20-61-42(51(62)70)22-32-25-52(2,3)26-43(32)61/h7-9,11,22-24,27,29,31,33,40-41,44,64H,5-6,10,12-21,25-26,28,30H2,1-4H3,(H,53,54)(H,55,65,66)/t31-,40+,41?,44-/m0/s1. The number of aliphatic hydroxyl groups is 1. The molecule has 4 saturated heterocycles. The van der Waals surface area contributed by atoms with Crippen molar-refractivity contribution in [2.45, 2.75) is 109 Å². The number of carbonyl (C=O) groups is 5. The van der Waals surface area contributed by atoms with Gasteiger partial charge in [0.2, 0.25) is 11.8 Å². The number of anilines is 5. The summed E-state index contributed by atoms with van der Waals surface area (Å²) in [5.74, 6) is -1.42. The van der Waals surface area contributed by atoms with Crippen LogP contribution in [0.2, 0.25) is 0 Å². The van der Waals surface area contributed by atoms with Crippen molar-refractivity contribution >= 4 is 58.1 Å². The lowest BCUT2D eigenvalue weighted by Gasteiger charge is -2.47. The third-order valence-corrected chi connectivity index (χ3v) is 16.3. The molecule has 11 rings (SSSR count). The van der Waals surface area contributed by atoms with Crippen molar-refractivity contribution in [3.8, 4) is 0 Å². The molecule has 4 aromatic rings. The van der Waals surface area contributed by atoms with E-state index >= 15 is 0 Å². The molecule has 18 heteroatoms. The largest absolute Gasteiger partial charge is 0.394 e. The molecule has 0 radical (unpaired) electrons. The molecule has 3 aromatic heterocycles. The van der Waals surface area contributed by atoms with Gasteiger partial charge in [-0.3, -0.25) is 43.9 Å². The Balaban J connectivity index is 0.700. The van der Waals surface area contributed by atoms with Gasteiger partial charge in [0.1, 0.15) is 23.2 Å². The van der Waals surface area contributed by atoms with E-state index in [1.165, 1.54) is 11.3 Å². The highest BCUT2D eigenvalue weighted by atomic mass is 16.3. The first-order chi connectivity index (χ1) is 33.7. The highest BCUT2D eigenvalue weighted by Gasteiger charge is 2.46. The molecule has 5 amide bonds. The van der Waals surface area contributed by atoms with E-state index < -0.39 is 29.7 Å². The van der Waals surface area contributed by atoms with Crippen molar-refractivity contribution in [1.82, 2.24) is 34.1 Å². The third kappa shape index (κ3) is 8.01. The molecule has 4 fully saturated rings. The van der Waals surface area contributed by atoms with E-state index in [1.54, 1.807) is 23.7 Å². The van der Waals surface area contributed by atoms with Crippen LogP contribution in [0.1, 0.15) is 102 Å². The Labute approximate surface area is 407 Å². The summed E-state index contributed by atoms with van der Waals surface area (Å²) < 4.78 is 3.80. The molecule has 3 N–H and O–H groups in total. The number of carbonyl (C=O) groups excluding carboxylic acids is 5. The van der Waals surface area contributed by atoms with Gasteiger partial charge in [0.05, 0.1) is 47.4 Å². The fourth-order valence-electron chi connectivity index (χ4n) is 12.7. The number of hydrogen-bond donors (Lipinski definition) is 3. The number of aryl methyl sites for hydroxylation is 1. The smallest absolute Gasteiger partial charge is 0.274 e. The molecule has 1 aromatic carbocycles. The number of hydrogen-bond acceptors (Lipinski definition) is 13.